The molecule has 5 nitrogen and oxygen atoms in total. The maximum atomic E-state index is 11.8. The van der Waals surface area contributed by atoms with Crippen LogP contribution in [0.2, 0.25) is 0 Å². The second kappa shape index (κ2) is 6.75. The van der Waals surface area contributed by atoms with Crippen LogP contribution in [0.1, 0.15) is 29.6 Å². The number of anilines is 1. The highest BCUT2D eigenvalue weighted by molar-refractivity contribution is 7.13. The number of aromatic nitrogens is 2. The Labute approximate surface area is 114 Å². The van der Waals surface area contributed by atoms with Crippen LogP contribution >= 0.6 is 11.3 Å². The fraction of sp³-hybridized carbons (Fsp3) is 0.231. The van der Waals surface area contributed by atoms with Gasteiger partial charge >= 0.3 is 0 Å². The number of carbonyl (C=O) groups is 2. The van der Waals surface area contributed by atoms with E-state index in [1.165, 1.54) is 11.3 Å². The normalized spacial score (nSPS) is 10.1. The molecule has 1 amide bonds. The van der Waals surface area contributed by atoms with Crippen molar-refractivity contribution >= 4 is 28.2 Å². The minimum absolute atomic E-state index is 0.0596. The number of carbonyl (C=O) groups excluding carboxylic acids is 2. The molecule has 1 aromatic carbocycles. The first-order chi connectivity index (χ1) is 9.25. The largest absolute Gasteiger partial charge is 0.301 e. The van der Waals surface area contributed by atoms with E-state index in [9.17, 15) is 9.59 Å². The minimum atomic E-state index is -0.141. The number of hydrogen-bond donors (Lipinski definition) is 1. The van der Waals surface area contributed by atoms with Gasteiger partial charge in [0.2, 0.25) is 11.0 Å². The molecule has 0 aliphatic heterocycles. The average Bonchev–Trinajstić information content (AvgIpc) is 2.92. The molecule has 1 heterocycles. The molecule has 0 radical (unpaired) electrons. The second-order valence-corrected chi connectivity index (χ2v) is 4.77. The number of hydrogen-bond acceptors (Lipinski definition) is 5. The lowest BCUT2D eigenvalue weighted by Crippen LogP contribution is -2.11. The molecule has 0 bridgehead atoms. The van der Waals surface area contributed by atoms with Gasteiger partial charge in [-0.05, 0) is 6.42 Å². The van der Waals surface area contributed by atoms with Crippen LogP contribution < -0.4 is 5.32 Å². The zero-order valence-electron chi connectivity index (χ0n) is 10.2. The Balaban J connectivity index is 1.72. The predicted molar refractivity (Wildman–Crippen MR) is 73.2 cm³/mol. The number of nitrogens with zero attached hydrogens (tertiary/aromatic N) is 2. The van der Waals surface area contributed by atoms with Crippen molar-refractivity contribution in [2.75, 3.05) is 5.32 Å². The van der Waals surface area contributed by atoms with Crippen molar-refractivity contribution in [3.05, 3.63) is 41.4 Å². The van der Waals surface area contributed by atoms with Crippen molar-refractivity contribution in [3.8, 4) is 0 Å². The molecule has 0 unspecified atom stereocenters. The third-order valence-electron chi connectivity index (χ3n) is 2.51. The summed E-state index contributed by atoms with van der Waals surface area (Å²) in [5.41, 5.74) is 2.24. The van der Waals surface area contributed by atoms with Crippen molar-refractivity contribution in [2.24, 2.45) is 0 Å². The molecule has 2 aromatic rings. The lowest BCUT2D eigenvalue weighted by molar-refractivity contribution is -0.116. The SMILES string of the molecule is O=C(CCCC(=O)c1ccccc1)Nc1nncs1. The lowest BCUT2D eigenvalue weighted by atomic mass is 10.1. The van der Waals surface area contributed by atoms with Crippen LogP contribution in [0.25, 0.3) is 0 Å². The Morgan fingerprint density at radius 1 is 1.16 bits per heavy atom. The van der Waals surface area contributed by atoms with E-state index in [-0.39, 0.29) is 11.7 Å². The second-order valence-electron chi connectivity index (χ2n) is 3.93. The van der Waals surface area contributed by atoms with E-state index in [1.54, 1.807) is 17.6 Å². The molecule has 2 rings (SSSR count). The van der Waals surface area contributed by atoms with Gasteiger partial charge in [-0.25, -0.2) is 0 Å². The molecule has 0 spiro atoms. The van der Waals surface area contributed by atoms with Gasteiger partial charge in [-0.15, -0.1) is 10.2 Å². The summed E-state index contributed by atoms with van der Waals surface area (Å²) < 4.78 is 0. The quantitative estimate of drug-likeness (QED) is 0.822. The highest BCUT2D eigenvalue weighted by Crippen LogP contribution is 2.10. The van der Waals surface area contributed by atoms with Crippen molar-refractivity contribution in [3.63, 3.8) is 0 Å². The van der Waals surface area contributed by atoms with Crippen LogP contribution in [0.3, 0.4) is 0 Å². The average molecular weight is 275 g/mol. The van der Waals surface area contributed by atoms with Gasteiger partial charge in [-0.2, -0.15) is 0 Å². The van der Waals surface area contributed by atoms with Gasteiger partial charge in [0.05, 0.1) is 0 Å². The van der Waals surface area contributed by atoms with E-state index in [4.69, 9.17) is 0 Å². The number of rotatable bonds is 6. The van der Waals surface area contributed by atoms with Crippen molar-refractivity contribution in [1.82, 2.24) is 10.2 Å². The van der Waals surface area contributed by atoms with Gasteiger partial charge in [0.25, 0.3) is 0 Å². The maximum absolute atomic E-state index is 11.8. The minimum Gasteiger partial charge on any atom is -0.301 e. The van der Waals surface area contributed by atoms with Gasteiger partial charge in [-0.1, -0.05) is 41.7 Å². The summed E-state index contributed by atoms with van der Waals surface area (Å²) in [5, 5.41) is 10.5. The fourth-order valence-corrected chi connectivity index (χ4v) is 2.05. The first-order valence-electron chi connectivity index (χ1n) is 5.90. The van der Waals surface area contributed by atoms with E-state index in [0.29, 0.717) is 30.0 Å². The molecule has 0 aliphatic carbocycles. The third kappa shape index (κ3) is 4.26. The summed E-state index contributed by atoms with van der Waals surface area (Å²) in [7, 11) is 0. The molecule has 1 N–H and O–H groups in total. The smallest absolute Gasteiger partial charge is 0.226 e. The Bertz CT molecular complexity index is 540. The number of amides is 1. The Morgan fingerprint density at radius 3 is 2.63 bits per heavy atom. The van der Waals surface area contributed by atoms with E-state index in [0.717, 1.165) is 0 Å². The molecule has 1 aromatic heterocycles. The highest BCUT2D eigenvalue weighted by atomic mass is 32.1. The van der Waals surface area contributed by atoms with Crippen LogP contribution in [0.15, 0.2) is 35.8 Å². The topological polar surface area (TPSA) is 72.0 Å². The van der Waals surface area contributed by atoms with Gasteiger partial charge in [0.15, 0.2) is 5.78 Å². The molecule has 6 heteroatoms. The fourth-order valence-electron chi connectivity index (χ4n) is 1.59. The molecule has 0 atom stereocenters. The van der Waals surface area contributed by atoms with Gasteiger partial charge in [-0.3, -0.25) is 9.59 Å². The van der Waals surface area contributed by atoms with Crippen LogP contribution in [-0.4, -0.2) is 21.9 Å². The summed E-state index contributed by atoms with van der Waals surface area (Å²) in [5.74, 6) is -0.0815. The summed E-state index contributed by atoms with van der Waals surface area (Å²) in [4.78, 5) is 23.3. The summed E-state index contributed by atoms with van der Waals surface area (Å²) in [6.45, 7) is 0. The molecule has 0 saturated heterocycles. The van der Waals surface area contributed by atoms with Crippen LogP contribution in [0, 0.1) is 0 Å². The number of benzene rings is 1. The van der Waals surface area contributed by atoms with Gasteiger partial charge < -0.3 is 5.32 Å². The van der Waals surface area contributed by atoms with Gasteiger partial charge in [0.1, 0.15) is 5.51 Å². The van der Waals surface area contributed by atoms with Crippen LogP contribution in [-0.2, 0) is 4.79 Å². The molecular weight excluding hydrogens is 262 g/mol. The summed E-state index contributed by atoms with van der Waals surface area (Å²) >= 11 is 1.27. The zero-order chi connectivity index (χ0) is 13.5. The molecular formula is C13H13N3O2S. The highest BCUT2D eigenvalue weighted by Gasteiger charge is 2.08. The molecule has 19 heavy (non-hydrogen) atoms. The molecule has 98 valence electrons. The van der Waals surface area contributed by atoms with E-state index >= 15 is 0 Å². The Hall–Kier alpha value is -2.08. The van der Waals surface area contributed by atoms with Crippen LogP contribution in [0.4, 0.5) is 5.13 Å². The Kier molecular flexibility index (Phi) is 4.74. The third-order valence-corrected chi connectivity index (χ3v) is 3.12. The van der Waals surface area contributed by atoms with Crippen molar-refractivity contribution in [2.45, 2.75) is 19.3 Å². The lowest BCUT2D eigenvalue weighted by Gasteiger charge is -2.01. The monoisotopic (exact) mass is 275 g/mol. The Morgan fingerprint density at radius 2 is 1.95 bits per heavy atom. The van der Waals surface area contributed by atoms with E-state index < -0.39 is 0 Å². The standard InChI is InChI=1S/C13H13N3O2S/c17-11(10-5-2-1-3-6-10)7-4-8-12(18)15-13-16-14-9-19-13/h1-3,5-6,9H,4,7-8H2,(H,15,16,18). The summed E-state index contributed by atoms with van der Waals surface area (Å²) in [6, 6.07) is 9.09. The van der Waals surface area contributed by atoms with Crippen LogP contribution in [0.5, 0.6) is 0 Å². The molecule has 0 saturated carbocycles. The number of ketones is 1. The van der Waals surface area contributed by atoms with Gasteiger partial charge in [0, 0.05) is 18.4 Å². The van der Waals surface area contributed by atoms with E-state index in [1.807, 2.05) is 18.2 Å². The van der Waals surface area contributed by atoms with E-state index in [2.05, 4.69) is 15.5 Å². The number of nitrogens with one attached hydrogen (secondary N) is 1. The van der Waals surface area contributed by atoms with Crippen molar-refractivity contribution in [1.29, 1.82) is 0 Å². The molecule has 0 aliphatic rings. The predicted octanol–water partition coefficient (Wildman–Crippen LogP) is 2.53. The first kappa shape index (κ1) is 13.4. The molecule has 0 fully saturated rings. The first-order valence-corrected chi connectivity index (χ1v) is 6.78. The summed E-state index contributed by atoms with van der Waals surface area (Å²) in [6.07, 6.45) is 1.20. The zero-order valence-corrected chi connectivity index (χ0v) is 11.0. The number of Topliss-reactive ketones (excluding diaryl/α,β-unsaturated/α-hetero) is 1. The maximum Gasteiger partial charge on any atom is 0.226 e. The van der Waals surface area contributed by atoms with Crippen molar-refractivity contribution < 1.29 is 9.59 Å².